The van der Waals surface area contributed by atoms with Crippen molar-refractivity contribution in [3.8, 4) is 11.5 Å². The third-order valence-corrected chi connectivity index (χ3v) is 4.35. The number of rotatable bonds is 5. The number of carbonyl (C=O) groups excluding carboxylic acids is 1. The Bertz CT molecular complexity index is 852. The van der Waals surface area contributed by atoms with E-state index in [1.165, 1.54) is 0 Å². The fourth-order valence-electron chi connectivity index (χ4n) is 2.78. The number of benzene rings is 2. The van der Waals surface area contributed by atoms with Crippen LogP contribution in [0.2, 0.25) is 5.02 Å². The van der Waals surface area contributed by atoms with Crippen LogP contribution in [0.4, 0.5) is 5.69 Å². The summed E-state index contributed by atoms with van der Waals surface area (Å²) in [5.74, 6) is -0.305. The maximum atomic E-state index is 12.6. The van der Waals surface area contributed by atoms with E-state index in [2.05, 4.69) is 5.32 Å². The molecule has 3 rings (SSSR count). The Balaban J connectivity index is 1.65. The van der Waals surface area contributed by atoms with Crippen molar-refractivity contribution in [1.82, 2.24) is 0 Å². The number of hydrogen-bond donors (Lipinski definition) is 2. The third-order valence-electron chi connectivity index (χ3n) is 4.12. The molecule has 1 amide bonds. The zero-order valence-corrected chi connectivity index (χ0v) is 14.9. The number of carboxylic acid groups (broad SMARTS) is 1. The molecule has 2 N–H and O–H groups in total. The molecule has 6 nitrogen and oxygen atoms in total. The second kappa shape index (κ2) is 7.66. The van der Waals surface area contributed by atoms with Gasteiger partial charge >= 0.3 is 5.97 Å². The zero-order valence-electron chi connectivity index (χ0n) is 14.1. The summed E-state index contributed by atoms with van der Waals surface area (Å²) in [5, 5.41) is 12.2. The SMILES string of the molecule is Cc1cc(OCC(=O)O)ccc1NC(=O)C1COc2ccc(Cl)cc2C1. The maximum absolute atomic E-state index is 12.6. The van der Waals surface area contributed by atoms with Crippen LogP contribution in [0.3, 0.4) is 0 Å². The first-order valence-electron chi connectivity index (χ1n) is 8.09. The highest BCUT2D eigenvalue weighted by molar-refractivity contribution is 6.30. The quantitative estimate of drug-likeness (QED) is 0.837. The molecule has 0 aliphatic carbocycles. The molecule has 7 heteroatoms. The molecule has 0 saturated heterocycles. The van der Waals surface area contributed by atoms with Crippen LogP contribution in [0.1, 0.15) is 11.1 Å². The van der Waals surface area contributed by atoms with Gasteiger partial charge in [0.2, 0.25) is 5.91 Å². The maximum Gasteiger partial charge on any atom is 0.341 e. The van der Waals surface area contributed by atoms with Crippen LogP contribution >= 0.6 is 11.6 Å². The lowest BCUT2D eigenvalue weighted by Crippen LogP contribution is -2.32. The monoisotopic (exact) mass is 375 g/mol. The molecular weight excluding hydrogens is 358 g/mol. The average molecular weight is 376 g/mol. The molecule has 0 radical (unpaired) electrons. The molecule has 136 valence electrons. The predicted octanol–water partition coefficient (Wildman–Crippen LogP) is 3.30. The van der Waals surface area contributed by atoms with E-state index in [-0.39, 0.29) is 11.8 Å². The van der Waals surface area contributed by atoms with E-state index in [9.17, 15) is 9.59 Å². The molecule has 1 aliphatic rings. The Kier molecular flexibility index (Phi) is 5.32. The lowest BCUT2D eigenvalue weighted by Gasteiger charge is -2.25. The van der Waals surface area contributed by atoms with Crippen LogP contribution in [0.25, 0.3) is 0 Å². The van der Waals surface area contributed by atoms with Crippen molar-refractivity contribution in [2.45, 2.75) is 13.3 Å². The number of aryl methyl sites for hydroxylation is 1. The molecule has 0 saturated carbocycles. The van der Waals surface area contributed by atoms with Crippen LogP contribution in [0.5, 0.6) is 11.5 Å². The highest BCUT2D eigenvalue weighted by atomic mass is 35.5. The van der Waals surface area contributed by atoms with E-state index in [1.807, 2.05) is 19.1 Å². The first-order valence-corrected chi connectivity index (χ1v) is 8.47. The van der Waals surface area contributed by atoms with Gasteiger partial charge in [0.25, 0.3) is 0 Å². The molecule has 2 aromatic rings. The number of amides is 1. The Labute approximate surface area is 155 Å². The smallest absolute Gasteiger partial charge is 0.341 e. The van der Waals surface area contributed by atoms with Crippen molar-refractivity contribution in [1.29, 1.82) is 0 Å². The number of anilines is 1. The van der Waals surface area contributed by atoms with Crippen molar-refractivity contribution in [3.05, 3.63) is 52.5 Å². The second-order valence-electron chi connectivity index (χ2n) is 6.11. The summed E-state index contributed by atoms with van der Waals surface area (Å²) >= 11 is 6.01. The van der Waals surface area contributed by atoms with Crippen molar-refractivity contribution in [2.75, 3.05) is 18.5 Å². The third kappa shape index (κ3) is 4.26. The van der Waals surface area contributed by atoms with Gasteiger partial charge in [-0.1, -0.05) is 11.6 Å². The van der Waals surface area contributed by atoms with Crippen molar-refractivity contribution in [2.24, 2.45) is 5.92 Å². The van der Waals surface area contributed by atoms with Gasteiger partial charge in [-0.2, -0.15) is 0 Å². The van der Waals surface area contributed by atoms with Crippen LogP contribution in [0, 0.1) is 12.8 Å². The topological polar surface area (TPSA) is 84.9 Å². The predicted molar refractivity (Wildman–Crippen MR) is 97.1 cm³/mol. The molecule has 26 heavy (non-hydrogen) atoms. The fraction of sp³-hybridized carbons (Fsp3) is 0.263. The number of aliphatic carboxylic acids is 1. The average Bonchev–Trinajstić information content (AvgIpc) is 2.61. The molecule has 1 atom stereocenters. The summed E-state index contributed by atoms with van der Waals surface area (Å²) in [7, 11) is 0. The summed E-state index contributed by atoms with van der Waals surface area (Å²) in [6, 6.07) is 10.4. The number of hydrogen-bond acceptors (Lipinski definition) is 4. The highest BCUT2D eigenvalue weighted by Gasteiger charge is 2.26. The number of carboxylic acids is 1. The summed E-state index contributed by atoms with van der Waals surface area (Å²) < 4.78 is 10.8. The van der Waals surface area contributed by atoms with Crippen molar-refractivity contribution < 1.29 is 24.2 Å². The van der Waals surface area contributed by atoms with E-state index in [1.54, 1.807) is 24.3 Å². The van der Waals surface area contributed by atoms with Gasteiger partial charge in [0, 0.05) is 10.7 Å². The van der Waals surface area contributed by atoms with E-state index in [4.69, 9.17) is 26.2 Å². The molecule has 0 fully saturated rings. The van der Waals surface area contributed by atoms with E-state index in [0.717, 1.165) is 16.9 Å². The highest BCUT2D eigenvalue weighted by Crippen LogP contribution is 2.30. The molecule has 0 spiro atoms. The second-order valence-corrected chi connectivity index (χ2v) is 6.55. The van der Waals surface area contributed by atoms with Gasteiger partial charge in [0.15, 0.2) is 6.61 Å². The lowest BCUT2D eigenvalue weighted by atomic mass is 9.96. The van der Waals surface area contributed by atoms with Crippen LogP contribution in [-0.2, 0) is 16.0 Å². The van der Waals surface area contributed by atoms with Gasteiger partial charge in [-0.25, -0.2) is 4.79 Å². The van der Waals surface area contributed by atoms with Crippen LogP contribution < -0.4 is 14.8 Å². The lowest BCUT2D eigenvalue weighted by molar-refractivity contribution is -0.139. The minimum absolute atomic E-state index is 0.141. The Hall–Kier alpha value is -2.73. The first-order chi connectivity index (χ1) is 12.4. The number of carbonyl (C=O) groups is 2. The molecule has 0 aromatic heterocycles. The fourth-order valence-corrected chi connectivity index (χ4v) is 2.97. The number of nitrogens with one attached hydrogen (secondary N) is 1. The Morgan fingerprint density at radius 1 is 1.31 bits per heavy atom. The van der Waals surface area contributed by atoms with Crippen molar-refractivity contribution in [3.63, 3.8) is 0 Å². The molecular formula is C19H18ClNO5. The van der Waals surface area contributed by atoms with Gasteiger partial charge in [-0.3, -0.25) is 4.79 Å². The number of ether oxygens (including phenoxy) is 2. The number of fused-ring (bicyclic) bond motifs is 1. The number of halogens is 1. The molecule has 0 bridgehead atoms. The molecule has 1 heterocycles. The van der Waals surface area contributed by atoms with Gasteiger partial charge < -0.3 is 19.9 Å². The molecule has 2 aromatic carbocycles. The summed E-state index contributed by atoms with van der Waals surface area (Å²) in [6.45, 7) is 1.71. The summed E-state index contributed by atoms with van der Waals surface area (Å²) in [6.07, 6.45) is 0.556. The first kappa shape index (κ1) is 18.1. The minimum atomic E-state index is -1.04. The van der Waals surface area contributed by atoms with Gasteiger partial charge in [-0.15, -0.1) is 0 Å². The van der Waals surface area contributed by atoms with E-state index >= 15 is 0 Å². The summed E-state index contributed by atoms with van der Waals surface area (Å²) in [4.78, 5) is 23.1. The van der Waals surface area contributed by atoms with E-state index in [0.29, 0.717) is 29.5 Å². The van der Waals surface area contributed by atoms with Gasteiger partial charge in [0.1, 0.15) is 18.1 Å². The normalized spacial score (nSPS) is 15.5. The van der Waals surface area contributed by atoms with Gasteiger partial charge in [0.05, 0.1) is 5.92 Å². The largest absolute Gasteiger partial charge is 0.492 e. The standard InChI is InChI=1S/C19H18ClNO5/c1-11-6-15(25-10-18(22)23)3-4-16(11)21-19(24)13-7-12-8-14(20)2-5-17(12)26-9-13/h2-6,8,13H,7,9-10H2,1H3,(H,21,24)(H,22,23). The van der Waals surface area contributed by atoms with Gasteiger partial charge in [-0.05, 0) is 60.9 Å². The Morgan fingerprint density at radius 3 is 2.85 bits per heavy atom. The summed E-state index contributed by atoms with van der Waals surface area (Å²) in [5.41, 5.74) is 2.34. The molecule has 1 aliphatic heterocycles. The zero-order chi connectivity index (χ0) is 18.7. The van der Waals surface area contributed by atoms with E-state index < -0.39 is 12.6 Å². The van der Waals surface area contributed by atoms with Crippen molar-refractivity contribution >= 4 is 29.2 Å². The minimum Gasteiger partial charge on any atom is -0.492 e. The van der Waals surface area contributed by atoms with Crippen LogP contribution in [0.15, 0.2) is 36.4 Å². The Morgan fingerprint density at radius 2 is 2.12 bits per heavy atom. The van der Waals surface area contributed by atoms with Crippen LogP contribution in [-0.4, -0.2) is 30.2 Å². The molecule has 1 unspecified atom stereocenters.